The summed E-state index contributed by atoms with van der Waals surface area (Å²) in [5, 5.41) is 24.2. The summed E-state index contributed by atoms with van der Waals surface area (Å²) in [6.45, 7) is 0. The molecule has 0 atom stereocenters. The van der Waals surface area contributed by atoms with E-state index in [9.17, 15) is 13.8 Å². The van der Waals surface area contributed by atoms with E-state index in [2.05, 4.69) is 11.5 Å². The van der Waals surface area contributed by atoms with E-state index < -0.39 is 22.7 Å². The highest BCUT2D eigenvalue weighted by Gasteiger charge is 2.20. The molecule has 8 nitrogen and oxygen atoms in total. The summed E-state index contributed by atoms with van der Waals surface area (Å²) in [5.41, 5.74) is 8.73. The van der Waals surface area contributed by atoms with E-state index in [-0.39, 0.29) is 26.9 Å². The minimum atomic E-state index is -1.87. The first-order chi connectivity index (χ1) is 11.3. The van der Waals surface area contributed by atoms with Crippen LogP contribution in [0.1, 0.15) is 20.7 Å². The number of nitrogens with two attached hydrogens (primary N) is 2. The van der Waals surface area contributed by atoms with Crippen LogP contribution in [0.25, 0.3) is 0 Å². The summed E-state index contributed by atoms with van der Waals surface area (Å²) < 4.78 is 12.5. The summed E-state index contributed by atoms with van der Waals surface area (Å²) in [5.74, 6) is -2.75. The van der Waals surface area contributed by atoms with Gasteiger partial charge in [0.2, 0.25) is 0 Å². The van der Waals surface area contributed by atoms with Crippen LogP contribution in [0.5, 0.6) is 0 Å². The van der Waals surface area contributed by atoms with Crippen molar-refractivity contribution in [3.8, 4) is 0 Å². The first-order valence-corrected chi connectivity index (χ1v) is 7.56. The molecule has 2 aromatic rings. The summed E-state index contributed by atoms with van der Waals surface area (Å²) in [6, 6.07) is 11.7. The average molecular weight is 349 g/mol. The second-order valence-corrected chi connectivity index (χ2v) is 5.74. The lowest BCUT2D eigenvalue weighted by Gasteiger charge is -2.08. The standard InChI is InChI=1S/C14H10O5S.CH5N3/c15-13(16)9-5-1-3-7-11(9)20(19)12-8-4-2-6-10(12)14(17)18;2-1(3)4/h1-8H,(H,15,16)(H,17,18);(H5,2,3,4). The molecule has 126 valence electrons. The lowest BCUT2D eigenvalue weighted by Crippen LogP contribution is -2.20. The van der Waals surface area contributed by atoms with Gasteiger partial charge in [-0.2, -0.15) is 0 Å². The molecule has 0 unspecified atom stereocenters. The highest BCUT2D eigenvalue weighted by atomic mass is 32.2. The minimum absolute atomic E-state index is 0.0775. The average Bonchev–Trinajstić information content (AvgIpc) is 2.53. The maximum atomic E-state index is 12.5. The number of hydrogen-bond acceptors (Lipinski definition) is 4. The van der Waals surface area contributed by atoms with Gasteiger partial charge in [0.1, 0.15) is 0 Å². The minimum Gasteiger partial charge on any atom is -0.478 e. The molecule has 0 aliphatic rings. The molecular weight excluding hydrogens is 334 g/mol. The number of nitrogens with one attached hydrogen (secondary N) is 1. The summed E-state index contributed by atoms with van der Waals surface area (Å²) in [7, 11) is -1.87. The monoisotopic (exact) mass is 349 g/mol. The van der Waals surface area contributed by atoms with Crippen molar-refractivity contribution in [2.45, 2.75) is 9.79 Å². The van der Waals surface area contributed by atoms with E-state index in [1.807, 2.05) is 0 Å². The van der Waals surface area contributed by atoms with Gasteiger partial charge in [0.05, 0.1) is 31.7 Å². The number of carbonyl (C=O) groups is 2. The zero-order valence-electron chi connectivity index (χ0n) is 12.3. The molecular formula is C15H15N3O5S. The number of hydrogen-bond donors (Lipinski definition) is 5. The highest BCUT2D eigenvalue weighted by molar-refractivity contribution is 7.85. The zero-order chi connectivity index (χ0) is 18.3. The number of carboxylic acid groups (broad SMARTS) is 2. The molecule has 0 aliphatic carbocycles. The van der Waals surface area contributed by atoms with Crippen molar-refractivity contribution in [3.05, 3.63) is 59.7 Å². The van der Waals surface area contributed by atoms with Gasteiger partial charge in [-0.3, -0.25) is 5.41 Å². The molecule has 0 aromatic heterocycles. The highest BCUT2D eigenvalue weighted by Crippen LogP contribution is 2.23. The number of rotatable bonds is 4. The Labute approximate surface area is 139 Å². The van der Waals surface area contributed by atoms with Gasteiger partial charge >= 0.3 is 11.9 Å². The topological polar surface area (TPSA) is 168 Å². The van der Waals surface area contributed by atoms with E-state index in [0.717, 1.165) is 0 Å². The molecule has 0 radical (unpaired) electrons. The fourth-order valence-corrected chi connectivity index (χ4v) is 3.08. The number of aromatic carboxylic acids is 2. The van der Waals surface area contributed by atoms with Crippen molar-refractivity contribution in [2.75, 3.05) is 0 Å². The predicted octanol–water partition coefficient (Wildman–Crippen LogP) is 1.09. The van der Waals surface area contributed by atoms with Gasteiger partial charge in [-0.15, -0.1) is 0 Å². The lowest BCUT2D eigenvalue weighted by molar-refractivity contribution is 0.0683. The van der Waals surface area contributed by atoms with Crippen LogP contribution in [0.4, 0.5) is 0 Å². The van der Waals surface area contributed by atoms with Gasteiger partial charge in [0.15, 0.2) is 5.96 Å². The fourth-order valence-electron chi connectivity index (χ4n) is 1.73. The van der Waals surface area contributed by atoms with E-state index >= 15 is 0 Å². The Balaban J connectivity index is 0.000000648. The van der Waals surface area contributed by atoms with Crippen molar-refractivity contribution >= 4 is 28.7 Å². The molecule has 0 heterocycles. The third-order valence-electron chi connectivity index (χ3n) is 2.63. The maximum absolute atomic E-state index is 12.5. The molecule has 0 fully saturated rings. The molecule has 7 N–H and O–H groups in total. The van der Waals surface area contributed by atoms with Crippen molar-refractivity contribution in [1.29, 1.82) is 5.41 Å². The van der Waals surface area contributed by atoms with Gasteiger partial charge < -0.3 is 21.7 Å². The van der Waals surface area contributed by atoms with Crippen LogP contribution in [-0.4, -0.2) is 32.3 Å². The fraction of sp³-hybridized carbons (Fsp3) is 0. The molecule has 2 aromatic carbocycles. The summed E-state index contributed by atoms with van der Waals surface area (Å²) in [6.07, 6.45) is 0. The Morgan fingerprint density at radius 3 is 1.42 bits per heavy atom. The maximum Gasteiger partial charge on any atom is 0.336 e. The Morgan fingerprint density at radius 1 is 0.833 bits per heavy atom. The molecule has 0 amide bonds. The molecule has 0 spiro atoms. The van der Waals surface area contributed by atoms with Crippen LogP contribution < -0.4 is 11.5 Å². The Bertz CT molecular complexity index is 744. The normalized spacial score (nSPS) is 9.71. The molecule has 9 heteroatoms. The second-order valence-electron chi connectivity index (χ2n) is 4.33. The SMILES string of the molecule is N=C(N)N.O=C(O)c1ccccc1S(=O)c1ccccc1C(=O)O. The van der Waals surface area contributed by atoms with Crippen LogP contribution in [0.3, 0.4) is 0 Å². The molecule has 0 saturated carbocycles. The van der Waals surface area contributed by atoms with Gasteiger partial charge in [-0.25, -0.2) is 13.8 Å². The van der Waals surface area contributed by atoms with Crippen LogP contribution >= 0.6 is 0 Å². The van der Waals surface area contributed by atoms with Crippen molar-refractivity contribution < 1.29 is 24.0 Å². The van der Waals surface area contributed by atoms with Crippen LogP contribution in [0.2, 0.25) is 0 Å². The number of carboxylic acids is 2. The number of benzene rings is 2. The van der Waals surface area contributed by atoms with E-state index in [0.29, 0.717) is 0 Å². The van der Waals surface area contributed by atoms with Gasteiger partial charge in [-0.1, -0.05) is 24.3 Å². The number of guanidine groups is 1. The first kappa shape index (κ1) is 18.8. The third-order valence-corrected chi connectivity index (χ3v) is 4.15. The Kier molecular flexibility index (Phi) is 6.63. The molecule has 0 bridgehead atoms. The molecule has 0 saturated heterocycles. The molecule has 24 heavy (non-hydrogen) atoms. The van der Waals surface area contributed by atoms with Crippen LogP contribution in [0.15, 0.2) is 58.3 Å². The van der Waals surface area contributed by atoms with Crippen molar-refractivity contribution in [2.24, 2.45) is 11.5 Å². The summed E-state index contributed by atoms with van der Waals surface area (Å²) in [4.78, 5) is 22.4. The van der Waals surface area contributed by atoms with Gasteiger partial charge in [0, 0.05) is 0 Å². The quantitative estimate of drug-likeness (QED) is 0.406. The smallest absolute Gasteiger partial charge is 0.336 e. The Hall–Kier alpha value is -3.20. The van der Waals surface area contributed by atoms with Gasteiger partial charge in [-0.05, 0) is 24.3 Å². The van der Waals surface area contributed by atoms with E-state index in [4.69, 9.17) is 15.6 Å². The predicted molar refractivity (Wildman–Crippen MR) is 87.6 cm³/mol. The summed E-state index contributed by atoms with van der Waals surface area (Å²) >= 11 is 0. The first-order valence-electron chi connectivity index (χ1n) is 6.41. The molecule has 2 rings (SSSR count). The van der Waals surface area contributed by atoms with Crippen LogP contribution in [-0.2, 0) is 10.8 Å². The van der Waals surface area contributed by atoms with Crippen molar-refractivity contribution in [3.63, 3.8) is 0 Å². The van der Waals surface area contributed by atoms with E-state index in [1.165, 1.54) is 36.4 Å². The second kappa shape index (κ2) is 8.44. The lowest BCUT2D eigenvalue weighted by atomic mass is 10.2. The zero-order valence-corrected chi connectivity index (χ0v) is 13.1. The van der Waals surface area contributed by atoms with Crippen LogP contribution in [0, 0.1) is 5.41 Å². The largest absolute Gasteiger partial charge is 0.478 e. The van der Waals surface area contributed by atoms with E-state index in [1.54, 1.807) is 12.1 Å². The van der Waals surface area contributed by atoms with Crippen molar-refractivity contribution in [1.82, 2.24) is 0 Å². The van der Waals surface area contributed by atoms with Gasteiger partial charge in [0.25, 0.3) is 0 Å². The molecule has 0 aliphatic heterocycles. The third kappa shape index (κ3) is 4.92. The Morgan fingerprint density at radius 2 is 1.12 bits per heavy atom.